The number of fused-ring (bicyclic) bond motifs is 1. The van der Waals surface area contributed by atoms with E-state index in [1.807, 2.05) is 30.5 Å². The van der Waals surface area contributed by atoms with Crippen molar-refractivity contribution in [1.29, 1.82) is 0 Å². The molecule has 0 atom stereocenters. The lowest BCUT2D eigenvalue weighted by atomic mass is 10.3. The van der Waals surface area contributed by atoms with Crippen molar-refractivity contribution in [3.8, 4) is 0 Å². The van der Waals surface area contributed by atoms with Crippen LogP contribution in [0.2, 0.25) is 0 Å². The molecule has 1 aromatic heterocycles. The molecular formula is C11H10N2O4. The van der Waals surface area contributed by atoms with Crippen molar-refractivity contribution in [3.05, 3.63) is 42.6 Å². The molecule has 1 heterocycles. The molecule has 0 amide bonds. The van der Waals surface area contributed by atoms with E-state index < -0.39 is 11.9 Å². The molecule has 0 aliphatic rings. The molecule has 0 radical (unpaired) electrons. The predicted molar refractivity (Wildman–Crippen MR) is 60.5 cm³/mol. The summed E-state index contributed by atoms with van der Waals surface area (Å²) < 4.78 is 0. The van der Waals surface area contributed by atoms with E-state index in [0.29, 0.717) is 12.2 Å². The van der Waals surface area contributed by atoms with Gasteiger partial charge in [0.05, 0.1) is 11.7 Å². The van der Waals surface area contributed by atoms with Crippen molar-refractivity contribution in [3.63, 3.8) is 0 Å². The molecule has 0 unspecified atom stereocenters. The largest absolute Gasteiger partial charge is 0.478 e. The summed E-state index contributed by atoms with van der Waals surface area (Å²) in [6.07, 6.45) is 2.93. The monoisotopic (exact) mass is 234 g/mol. The number of H-pyrrole nitrogens is 1. The second-order valence-electron chi connectivity index (χ2n) is 2.97. The lowest BCUT2D eigenvalue weighted by Crippen LogP contribution is -1.91. The molecule has 2 rings (SSSR count). The first-order chi connectivity index (χ1) is 8.09. The number of aliphatic carboxylic acids is 2. The first kappa shape index (κ1) is 12.4. The Kier molecular flexibility index (Phi) is 4.44. The standard InChI is InChI=1S/C7H6N2.C4H4O4/c1-2-4-7-6(3-1)5-8-9-7;5-3(6)1-2-4(7)8/h1-5H,(H,8,9);1-2H,(H,5,6)(H,7,8)/b;2-1-. The smallest absolute Gasteiger partial charge is 0.328 e. The van der Waals surface area contributed by atoms with Crippen LogP contribution in [0, 0.1) is 0 Å². The average molecular weight is 234 g/mol. The molecule has 6 nitrogen and oxygen atoms in total. The van der Waals surface area contributed by atoms with E-state index in [1.165, 1.54) is 0 Å². The van der Waals surface area contributed by atoms with Gasteiger partial charge in [-0.2, -0.15) is 5.10 Å². The van der Waals surface area contributed by atoms with Crippen LogP contribution in [0.25, 0.3) is 10.9 Å². The summed E-state index contributed by atoms with van der Waals surface area (Å²) in [6, 6.07) is 8.01. The van der Waals surface area contributed by atoms with Crippen LogP contribution < -0.4 is 0 Å². The number of carbonyl (C=O) groups is 2. The maximum atomic E-state index is 9.55. The fourth-order valence-electron chi connectivity index (χ4n) is 1.03. The van der Waals surface area contributed by atoms with E-state index in [1.54, 1.807) is 0 Å². The van der Waals surface area contributed by atoms with Crippen molar-refractivity contribution >= 4 is 22.8 Å². The lowest BCUT2D eigenvalue weighted by molar-refractivity contribution is -0.134. The zero-order valence-electron chi connectivity index (χ0n) is 8.70. The molecule has 17 heavy (non-hydrogen) atoms. The first-order valence-corrected chi connectivity index (χ1v) is 4.61. The van der Waals surface area contributed by atoms with Gasteiger partial charge in [0, 0.05) is 17.5 Å². The van der Waals surface area contributed by atoms with Crippen LogP contribution in [-0.2, 0) is 9.59 Å². The van der Waals surface area contributed by atoms with Gasteiger partial charge in [0.1, 0.15) is 0 Å². The Morgan fingerprint density at radius 2 is 1.71 bits per heavy atom. The van der Waals surface area contributed by atoms with E-state index in [9.17, 15) is 9.59 Å². The number of carboxylic acids is 2. The number of rotatable bonds is 2. The number of hydrogen-bond donors (Lipinski definition) is 3. The molecule has 1 aromatic carbocycles. The average Bonchev–Trinajstić information content (AvgIpc) is 2.75. The van der Waals surface area contributed by atoms with Gasteiger partial charge in [-0.05, 0) is 6.07 Å². The van der Waals surface area contributed by atoms with Crippen LogP contribution in [0.5, 0.6) is 0 Å². The van der Waals surface area contributed by atoms with Crippen molar-refractivity contribution in [2.45, 2.75) is 0 Å². The summed E-state index contributed by atoms with van der Waals surface area (Å²) in [6.45, 7) is 0. The number of carboxylic acid groups (broad SMARTS) is 2. The Morgan fingerprint density at radius 3 is 2.24 bits per heavy atom. The molecular weight excluding hydrogens is 224 g/mol. The summed E-state index contributed by atoms with van der Waals surface area (Å²) in [5.74, 6) is -2.51. The zero-order valence-corrected chi connectivity index (χ0v) is 8.70. The molecule has 0 aliphatic carbocycles. The summed E-state index contributed by atoms with van der Waals surface area (Å²) in [4.78, 5) is 19.1. The Morgan fingerprint density at radius 1 is 1.12 bits per heavy atom. The number of hydrogen-bond acceptors (Lipinski definition) is 3. The van der Waals surface area contributed by atoms with Crippen LogP contribution in [0.3, 0.4) is 0 Å². The van der Waals surface area contributed by atoms with Crippen LogP contribution in [-0.4, -0.2) is 32.3 Å². The second kappa shape index (κ2) is 6.06. The molecule has 6 heteroatoms. The van der Waals surface area contributed by atoms with E-state index >= 15 is 0 Å². The van der Waals surface area contributed by atoms with Gasteiger partial charge in [-0.15, -0.1) is 0 Å². The zero-order chi connectivity index (χ0) is 12.7. The van der Waals surface area contributed by atoms with E-state index in [2.05, 4.69) is 10.2 Å². The van der Waals surface area contributed by atoms with Crippen molar-refractivity contribution in [2.75, 3.05) is 0 Å². The maximum absolute atomic E-state index is 9.55. The maximum Gasteiger partial charge on any atom is 0.328 e. The highest BCUT2D eigenvalue weighted by Gasteiger charge is 1.88. The highest BCUT2D eigenvalue weighted by Crippen LogP contribution is 2.06. The first-order valence-electron chi connectivity index (χ1n) is 4.61. The van der Waals surface area contributed by atoms with Gasteiger partial charge in [0.15, 0.2) is 0 Å². The van der Waals surface area contributed by atoms with Crippen molar-refractivity contribution in [1.82, 2.24) is 10.2 Å². The van der Waals surface area contributed by atoms with Crippen LogP contribution in [0.4, 0.5) is 0 Å². The van der Waals surface area contributed by atoms with Gasteiger partial charge in [0.2, 0.25) is 0 Å². The number of aromatic amines is 1. The SMILES string of the molecule is O=C(O)/C=C\C(=O)O.c1ccc2[nH]ncc2c1. The number of para-hydroxylation sites is 1. The number of aromatic nitrogens is 2. The van der Waals surface area contributed by atoms with Gasteiger partial charge in [-0.3, -0.25) is 5.10 Å². The topological polar surface area (TPSA) is 103 Å². The van der Waals surface area contributed by atoms with Crippen LogP contribution in [0.15, 0.2) is 42.6 Å². The normalized spacial score (nSPS) is 9.88. The van der Waals surface area contributed by atoms with E-state index in [-0.39, 0.29) is 0 Å². The quantitative estimate of drug-likeness (QED) is 0.679. The summed E-state index contributed by atoms with van der Waals surface area (Å²) in [5.41, 5.74) is 1.09. The van der Waals surface area contributed by atoms with Crippen molar-refractivity contribution < 1.29 is 19.8 Å². The highest BCUT2D eigenvalue weighted by atomic mass is 16.4. The molecule has 0 aliphatic heterocycles. The third-order valence-electron chi connectivity index (χ3n) is 1.72. The second-order valence-corrected chi connectivity index (χ2v) is 2.97. The van der Waals surface area contributed by atoms with E-state index in [0.717, 1.165) is 10.9 Å². The van der Waals surface area contributed by atoms with Crippen molar-refractivity contribution in [2.24, 2.45) is 0 Å². The molecule has 3 N–H and O–H groups in total. The Hall–Kier alpha value is -2.63. The minimum atomic E-state index is -1.26. The minimum absolute atomic E-state index is 0.558. The van der Waals surface area contributed by atoms with Crippen LogP contribution in [0.1, 0.15) is 0 Å². The fraction of sp³-hybridized carbons (Fsp3) is 0. The minimum Gasteiger partial charge on any atom is -0.478 e. The van der Waals surface area contributed by atoms with Gasteiger partial charge < -0.3 is 10.2 Å². The molecule has 0 saturated carbocycles. The molecule has 88 valence electrons. The molecule has 2 aromatic rings. The summed E-state index contributed by atoms with van der Waals surface area (Å²) in [5, 5.41) is 23.5. The molecule has 0 spiro atoms. The summed E-state index contributed by atoms with van der Waals surface area (Å²) in [7, 11) is 0. The predicted octanol–water partition coefficient (Wildman–Crippen LogP) is 1.27. The van der Waals surface area contributed by atoms with E-state index in [4.69, 9.17) is 10.2 Å². The van der Waals surface area contributed by atoms with Gasteiger partial charge in [-0.25, -0.2) is 9.59 Å². The van der Waals surface area contributed by atoms with Gasteiger partial charge in [0.25, 0.3) is 0 Å². The third-order valence-corrected chi connectivity index (χ3v) is 1.72. The third kappa shape index (κ3) is 4.61. The highest BCUT2D eigenvalue weighted by molar-refractivity contribution is 5.89. The van der Waals surface area contributed by atoms with Gasteiger partial charge in [-0.1, -0.05) is 18.2 Å². The van der Waals surface area contributed by atoms with Gasteiger partial charge >= 0.3 is 11.9 Å². The molecule has 0 bridgehead atoms. The molecule has 0 saturated heterocycles. The molecule has 0 fully saturated rings. The Bertz CT molecular complexity index is 499. The Balaban J connectivity index is 0.000000172. The fourth-order valence-corrected chi connectivity index (χ4v) is 1.03. The summed E-state index contributed by atoms with van der Waals surface area (Å²) >= 11 is 0. The number of benzene rings is 1. The number of nitrogens with zero attached hydrogens (tertiary/aromatic N) is 1. The lowest BCUT2D eigenvalue weighted by Gasteiger charge is -1.81. The van der Waals surface area contributed by atoms with Crippen LogP contribution >= 0.6 is 0 Å². The Labute approximate surface area is 96.2 Å². The number of nitrogens with one attached hydrogen (secondary N) is 1.